The van der Waals surface area contributed by atoms with E-state index in [1.807, 2.05) is 20.8 Å². The van der Waals surface area contributed by atoms with Gasteiger partial charge in [-0.3, -0.25) is 13.6 Å². The Morgan fingerprint density at radius 2 is 0.884 bits per heavy atom. The van der Waals surface area contributed by atoms with Crippen molar-refractivity contribution in [2.45, 2.75) is 262 Å². The van der Waals surface area contributed by atoms with E-state index in [2.05, 4.69) is 196 Å². The Balaban J connectivity index is 2.59. The van der Waals surface area contributed by atoms with Crippen LogP contribution < -0.4 is 0 Å². The van der Waals surface area contributed by atoms with Crippen molar-refractivity contribution < 1.29 is 37.9 Å². The molecule has 0 aliphatic carbocycles. The molecule has 69 heavy (non-hydrogen) atoms. The van der Waals surface area contributed by atoms with E-state index in [1.165, 1.54) is 11.1 Å². The molecule has 0 heterocycles. The van der Waals surface area contributed by atoms with Crippen LogP contribution in [0.15, 0.2) is 36.4 Å². The summed E-state index contributed by atoms with van der Waals surface area (Å²) in [6, 6.07) is 13.3. The first-order valence-electron chi connectivity index (χ1n) is 25.5. The minimum Gasteiger partial charge on any atom is -0.367 e. The molecule has 8 nitrogen and oxygen atoms in total. The second-order valence-electron chi connectivity index (χ2n) is 27.7. The van der Waals surface area contributed by atoms with Crippen LogP contribution >= 0.6 is 16.4 Å². The summed E-state index contributed by atoms with van der Waals surface area (Å²) in [7, 11) is -8.18. The zero-order valence-corrected chi connectivity index (χ0v) is 50.1. The molecule has 0 saturated heterocycles. The predicted octanol–water partition coefficient (Wildman–Crippen LogP) is 16.7. The molecule has 0 radical (unpaired) electrons. The van der Waals surface area contributed by atoms with Gasteiger partial charge in [-0.25, -0.2) is 4.57 Å². The van der Waals surface area contributed by atoms with Crippen molar-refractivity contribution in [1.82, 2.24) is 0 Å². The molecule has 4 N–H and O–H groups in total. The number of aliphatic hydroxyl groups is 1. The normalized spacial score (nSPS) is 16.4. The summed E-state index contributed by atoms with van der Waals surface area (Å²) in [6.07, 6.45) is -1.40. The van der Waals surface area contributed by atoms with Gasteiger partial charge in [-0.15, -0.1) is 0 Å². The lowest BCUT2D eigenvalue weighted by molar-refractivity contribution is -0.174. The maximum Gasteiger partial charge on any atom is 0.470 e. The van der Waals surface area contributed by atoms with Crippen molar-refractivity contribution >= 4 is 16.4 Å². The van der Waals surface area contributed by atoms with Crippen molar-refractivity contribution in [3.05, 3.63) is 103 Å². The Kier molecular flexibility index (Phi) is 18.4. The van der Waals surface area contributed by atoms with Crippen molar-refractivity contribution in [3.63, 3.8) is 0 Å². The second-order valence-corrected chi connectivity index (χ2v) is 29.7. The predicted molar refractivity (Wildman–Crippen MR) is 292 cm³/mol. The van der Waals surface area contributed by atoms with Gasteiger partial charge >= 0.3 is 16.4 Å². The topological polar surface area (TPSA) is 126 Å². The molecule has 0 aliphatic rings. The van der Waals surface area contributed by atoms with Crippen LogP contribution in [0, 0.1) is 19.3 Å². The number of phosphoric ester groups is 1. The van der Waals surface area contributed by atoms with E-state index in [0.29, 0.717) is 12.0 Å². The Hall–Kier alpha value is -1.96. The molecule has 3 aromatic rings. The Bertz CT molecular complexity index is 2190. The number of hydrogen-bond acceptors (Lipinski definition) is 6. The summed E-state index contributed by atoms with van der Waals surface area (Å²) in [6.45, 7) is 55.8. The first kappa shape index (κ1) is 61.3. The van der Waals surface area contributed by atoms with Crippen molar-refractivity contribution in [1.29, 1.82) is 0 Å². The van der Waals surface area contributed by atoms with E-state index >= 15 is 0 Å². The number of unbranched alkanes of at least 4 members (excludes halogenated alkanes) is 1. The summed E-state index contributed by atoms with van der Waals surface area (Å²) in [5, 5.41) is 13.0. The van der Waals surface area contributed by atoms with Crippen LogP contribution in [-0.4, -0.2) is 26.1 Å². The van der Waals surface area contributed by atoms with Gasteiger partial charge in [0.05, 0.1) is 5.41 Å². The van der Waals surface area contributed by atoms with Crippen molar-refractivity contribution in [2.75, 3.05) is 0 Å². The zero-order valence-electron chi connectivity index (χ0n) is 48.3. The molecule has 0 aliphatic heterocycles. The molecular formula is C59H98O8P2. The quantitative estimate of drug-likeness (QED) is 0.0876. The summed E-state index contributed by atoms with van der Waals surface area (Å²) in [5.74, 6) is 0. The molecule has 4 atom stereocenters. The van der Waals surface area contributed by atoms with Crippen LogP contribution in [0.2, 0.25) is 0 Å². The molecule has 0 spiro atoms. The van der Waals surface area contributed by atoms with Gasteiger partial charge in [-0.2, -0.15) is 0 Å². The zero-order chi connectivity index (χ0) is 53.9. The summed E-state index contributed by atoms with van der Waals surface area (Å²) >= 11 is 0. The van der Waals surface area contributed by atoms with E-state index in [1.54, 1.807) is 0 Å². The Morgan fingerprint density at radius 1 is 0.551 bits per heavy atom. The third kappa shape index (κ3) is 14.2. The number of rotatable bonds is 15. The van der Waals surface area contributed by atoms with E-state index < -0.39 is 50.7 Å². The van der Waals surface area contributed by atoms with Crippen LogP contribution in [-0.2, 0) is 61.6 Å². The van der Waals surface area contributed by atoms with Crippen molar-refractivity contribution in [3.8, 4) is 0 Å². The number of aliphatic hydroxyl groups excluding tert-OH is 1. The van der Waals surface area contributed by atoms with Crippen LogP contribution in [0.3, 0.4) is 0 Å². The average molecular weight is 997 g/mol. The summed E-state index contributed by atoms with van der Waals surface area (Å²) < 4.78 is 33.5. The number of aryl methyl sites for hydroxylation is 2. The first-order valence-corrected chi connectivity index (χ1v) is 28.1. The van der Waals surface area contributed by atoms with E-state index in [-0.39, 0.29) is 39.9 Å². The summed E-state index contributed by atoms with van der Waals surface area (Å²) in [4.78, 5) is 34.6. The number of phosphoric acid groups is 1. The highest BCUT2D eigenvalue weighted by Gasteiger charge is 2.53. The molecular weight excluding hydrogens is 899 g/mol. The van der Waals surface area contributed by atoms with Crippen LogP contribution in [0.1, 0.15) is 265 Å². The highest BCUT2D eigenvalue weighted by Crippen LogP contribution is 2.61. The molecule has 0 bridgehead atoms. The lowest BCUT2D eigenvalue weighted by Crippen LogP contribution is -2.44. The van der Waals surface area contributed by atoms with Gasteiger partial charge in [0.25, 0.3) is 0 Å². The van der Waals surface area contributed by atoms with Crippen molar-refractivity contribution in [2.24, 2.45) is 5.41 Å². The molecule has 0 amide bonds. The lowest BCUT2D eigenvalue weighted by Gasteiger charge is -2.47. The van der Waals surface area contributed by atoms with Gasteiger partial charge in [0.1, 0.15) is 11.7 Å². The maximum absolute atomic E-state index is 13.5. The largest absolute Gasteiger partial charge is 0.470 e. The lowest BCUT2D eigenvalue weighted by atomic mass is 9.65. The first-order chi connectivity index (χ1) is 30.7. The van der Waals surface area contributed by atoms with Gasteiger partial charge in [0.15, 0.2) is 6.29 Å². The molecule has 10 heteroatoms. The third-order valence-corrected chi connectivity index (χ3v) is 15.6. The number of hydrogen-bond donors (Lipinski definition) is 4. The smallest absolute Gasteiger partial charge is 0.367 e. The Morgan fingerprint density at radius 3 is 1.17 bits per heavy atom. The van der Waals surface area contributed by atoms with Gasteiger partial charge in [-0.1, -0.05) is 208 Å². The van der Waals surface area contributed by atoms with Crippen LogP contribution in [0.25, 0.3) is 0 Å². The number of benzene rings is 3. The molecule has 4 unspecified atom stereocenters. The van der Waals surface area contributed by atoms with E-state index in [0.717, 1.165) is 56.5 Å². The van der Waals surface area contributed by atoms with Gasteiger partial charge < -0.3 is 19.8 Å². The highest BCUT2D eigenvalue weighted by atomic mass is 31.2. The average Bonchev–Trinajstić information content (AvgIpc) is 3.13. The monoisotopic (exact) mass is 997 g/mol. The third-order valence-electron chi connectivity index (χ3n) is 14.3. The van der Waals surface area contributed by atoms with E-state index in [4.69, 9.17) is 13.6 Å². The van der Waals surface area contributed by atoms with Gasteiger partial charge in [0, 0.05) is 0 Å². The fourth-order valence-corrected chi connectivity index (χ4v) is 11.6. The summed E-state index contributed by atoms with van der Waals surface area (Å²) in [5.41, 5.74) is 6.62. The highest BCUT2D eigenvalue weighted by molar-refractivity contribution is 7.46. The second kappa shape index (κ2) is 20.7. The van der Waals surface area contributed by atoms with Crippen LogP contribution in [0.4, 0.5) is 0 Å². The maximum atomic E-state index is 13.5. The van der Waals surface area contributed by atoms with Crippen LogP contribution in [0.5, 0.6) is 0 Å². The Labute approximate surface area is 422 Å². The standard InChI is InChI=1S/C59H98O8P2/c1-27-29-30-59(28-2,49(66-69(62,63)64)46-42(54(14,15)16)33-41(53(11,12)13)34-43(46)55(17,18)19)50(60)65-68(61)67-58(26,47-37(3)31-39(51(5,6)7)35-44(47)56(20,21)22)48-38(4)32-40(52(8,9)10)36-45(48)57(23,24)25/h31-36,49-50,60-61H,27-30H2,1-26H3,(H2,62,63,64). The molecule has 0 aromatic heterocycles. The molecule has 0 saturated carbocycles. The fraction of sp³-hybridized carbons (Fsp3) is 0.695. The van der Waals surface area contributed by atoms with E-state index in [9.17, 15) is 24.4 Å². The fourth-order valence-electron chi connectivity index (χ4n) is 10.1. The minimum atomic E-state index is -5.25. The molecule has 3 rings (SSSR count). The van der Waals surface area contributed by atoms with Gasteiger partial charge in [0.2, 0.25) is 0 Å². The molecule has 392 valence electrons. The SMILES string of the molecule is CCCCC(CC)(C(O)OP(O)OC(C)(c1c(C)cc(C(C)(C)C)cc1C(C)(C)C)c1c(C)cc(C(C)(C)C)cc1C(C)(C)C)C(OP(=O)(O)O)c1c(C(C)(C)C)cc(C(C)(C)C)cc1C(C)(C)C. The molecule has 3 aromatic carbocycles. The minimum absolute atomic E-state index is 0.154. The molecule has 0 fully saturated rings. The van der Waals surface area contributed by atoms with Gasteiger partial charge in [-0.05, 0) is 138 Å².